The molecule has 0 bridgehead atoms. The molecular formula is C18H19F4N5O2. The third-order valence-corrected chi connectivity index (χ3v) is 4.28. The first-order valence-corrected chi connectivity index (χ1v) is 8.54. The number of hydrogen-bond donors (Lipinski definition) is 1. The van der Waals surface area contributed by atoms with Crippen LogP contribution in [0.3, 0.4) is 0 Å². The van der Waals surface area contributed by atoms with E-state index in [1.807, 2.05) is 0 Å². The molecule has 156 valence electrons. The number of alkyl halides is 3. The highest BCUT2D eigenvalue weighted by molar-refractivity contribution is 5.50. The number of rotatable bonds is 5. The monoisotopic (exact) mass is 413 g/mol. The van der Waals surface area contributed by atoms with Crippen LogP contribution in [-0.2, 0) is 0 Å². The second-order valence-electron chi connectivity index (χ2n) is 7.13. The van der Waals surface area contributed by atoms with E-state index in [1.165, 1.54) is 30.8 Å². The number of anilines is 1. The van der Waals surface area contributed by atoms with Gasteiger partial charge in [-0.05, 0) is 38.5 Å². The number of hydrogen-bond acceptors (Lipinski definition) is 6. The minimum absolute atomic E-state index is 0.245. The van der Waals surface area contributed by atoms with E-state index < -0.39 is 29.6 Å². The zero-order valence-electron chi connectivity index (χ0n) is 16.1. The molecule has 0 fully saturated rings. The van der Waals surface area contributed by atoms with E-state index in [0.29, 0.717) is 17.3 Å². The Labute approximate surface area is 163 Å². The van der Waals surface area contributed by atoms with Crippen LogP contribution in [0.2, 0.25) is 0 Å². The number of ether oxygens (including phenoxy) is 1. The van der Waals surface area contributed by atoms with E-state index >= 15 is 0 Å². The van der Waals surface area contributed by atoms with E-state index in [-0.39, 0.29) is 5.56 Å². The van der Waals surface area contributed by atoms with Gasteiger partial charge in [0.1, 0.15) is 12.1 Å². The lowest BCUT2D eigenvalue weighted by Gasteiger charge is -2.38. The van der Waals surface area contributed by atoms with Crippen molar-refractivity contribution in [2.45, 2.75) is 38.8 Å². The van der Waals surface area contributed by atoms with E-state index in [1.54, 1.807) is 24.9 Å². The van der Waals surface area contributed by atoms with Crippen LogP contribution in [0.4, 0.5) is 23.4 Å². The Kier molecular flexibility index (Phi) is 5.11. The van der Waals surface area contributed by atoms with Gasteiger partial charge in [0, 0.05) is 18.8 Å². The molecule has 0 unspecified atom stereocenters. The van der Waals surface area contributed by atoms with Crippen LogP contribution in [0.25, 0.3) is 5.78 Å². The zero-order valence-corrected chi connectivity index (χ0v) is 16.1. The molecular weight excluding hydrogens is 394 g/mol. The average molecular weight is 413 g/mol. The van der Waals surface area contributed by atoms with Gasteiger partial charge in [-0.15, -0.1) is 13.2 Å². The van der Waals surface area contributed by atoms with Gasteiger partial charge in [-0.3, -0.25) is 0 Å². The normalized spacial score (nSPS) is 13.6. The summed E-state index contributed by atoms with van der Waals surface area (Å²) < 4.78 is 56.7. The summed E-state index contributed by atoms with van der Waals surface area (Å²) in [6.45, 7) is 4.78. The molecule has 0 aliphatic rings. The van der Waals surface area contributed by atoms with Crippen LogP contribution in [0.1, 0.15) is 31.1 Å². The lowest BCUT2D eigenvalue weighted by Crippen LogP contribution is -2.41. The molecule has 0 spiro atoms. The second kappa shape index (κ2) is 7.14. The summed E-state index contributed by atoms with van der Waals surface area (Å²) in [6.07, 6.45) is -3.69. The topological polar surface area (TPSA) is 75.8 Å². The Balaban J connectivity index is 2.07. The minimum Gasteiger partial charge on any atom is -0.403 e. The van der Waals surface area contributed by atoms with Crippen LogP contribution < -0.4 is 9.64 Å². The average Bonchev–Trinajstić information content (AvgIpc) is 3.02. The molecule has 1 N–H and O–H groups in total. The van der Waals surface area contributed by atoms with Gasteiger partial charge in [-0.25, -0.2) is 9.37 Å². The molecule has 1 atom stereocenters. The maximum atomic E-state index is 14.3. The number of benzene rings is 1. The smallest absolute Gasteiger partial charge is 0.403 e. The third kappa shape index (κ3) is 4.39. The summed E-state index contributed by atoms with van der Waals surface area (Å²) >= 11 is 0. The molecule has 2 aromatic heterocycles. The van der Waals surface area contributed by atoms with E-state index in [0.717, 1.165) is 12.1 Å². The molecule has 0 aliphatic heterocycles. The molecule has 11 heteroatoms. The molecule has 0 radical (unpaired) electrons. The van der Waals surface area contributed by atoms with Crippen molar-refractivity contribution in [3.8, 4) is 5.75 Å². The number of likely N-dealkylation sites (N-methyl/N-ethyl adjacent to an activating group) is 1. The second-order valence-corrected chi connectivity index (χ2v) is 7.13. The standard InChI is InChI=1S/C18H19F4N5O2/c1-10-7-14(27-16(25-10)23-9-24-27)26(4)15(17(2,3)28)11-5-6-13(12(19)8-11)29-18(20,21)22/h5-9,15,28H,1-4H3/t15-/m1/s1. The number of halogens is 4. The molecule has 3 rings (SSSR count). The van der Waals surface area contributed by atoms with Crippen molar-refractivity contribution < 1.29 is 27.4 Å². The Bertz CT molecular complexity index is 1030. The fourth-order valence-electron chi connectivity index (χ4n) is 3.29. The summed E-state index contributed by atoms with van der Waals surface area (Å²) in [6, 6.07) is 3.93. The molecule has 0 aliphatic carbocycles. The van der Waals surface area contributed by atoms with Gasteiger partial charge in [-0.1, -0.05) is 6.07 Å². The summed E-state index contributed by atoms with van der Waals surface area (Å²) in [5.74, 6) is -1.30. The van der Waals surface area contributed by atoms with Crippen molar-refractivity contribution in [3.63, 3.8) is 0 Å². The molecule has 3 aromatic rings. The molecule has 1 aromatic carbocycles. The highest BCUT2D eigenvalue weighted by atomic mass is 19.4. The van der Waals surface area contributed by atoms with Crippen molar-refractivity contribution in [2.75, 3.05) is 11.9 Å². The first-order valence-electron chi connectivity index (χ1n) is 8.54. The van der Waals surface area contributed by atoms with Gasteiger partial charge in [0.15, 0.2) is 11.6 Å². The highest BCUT2D eigenvalue weighted by Crippen LogP contribution is 2.36. The Hall–Kier alpha value is -2.95. The number of nitrogens with zero attached hydrogens (tertiary/aromatic N) is 5. The molecule has 0 saturated carbocycles. The van der Waals surface area contributed by atoms with Crippen LogP contribution in [-0.4, -0.2) is 43.7 Å². The maximum Gasteiger partial charge on any atom is 0.573 e. The summed E-state index contributed by atoms with van der Waals surface area (Å²) in [7, 11) is 1.65. The highest BCUT2D eigenvalue weighted by Gasteiger charge is 2.36. The Morgan fingerprint density at radius 2 is 1.90 bits per heavy atom. The summed E-state index contributed by atoms with van der Waals surface area (Å²) in [5.41, 5.74) is -0.519. The van der Waals surface area contributed by atoms with Crippen LogP contribution >= 0.6 is 0 Å². The Morgan fingerprint density at radius 3 is 2.48 bits per heavy atom. The number of fused-ring (bicyclic) bond motifs is 1. The first-order chi connectivity index (χ1) is 13.4. The van der Waals surface area contributed by atoms with Gasteiger partial charge >= 0.3 is 6.36 Å². The lowest BCUT2D eigenvalue weighted by molar-refractivity contribution is -0.275. The predicted octanol–water partition coefficient (Wildman–Crippen LogP) is 3.42. The van der Waals surface area contributed by atoms with Crippen LogP contribution in [0.5, 0.6) is 5.75 Å². The quantitative estimate of drug-likeness (QED) is 0.646. The van der Waals surface area contributed by atoms with E-state index in [9.17, 15) is 22.7 Å². The van der Waals surface area contributed by atoms with Crippen LogP contribution in [0.15, 0.2) is 30.6 Å². The molecule has 7 nitrogen and oxygen atoms in total. The van der Waals surface area contributed by atoms with Crippen molar-refractivity contribution in [2.24, 2.45) is 0 Å². The van der Waals surface area contributed by atoms with Crippen LogP contribution in [0, 0.1) is 12.7 Å². The molecule has 2 heterocycles. The van der Waals surface area contributed by atoms with E-state index in [4.69, 9.17) is 0 Å². The minimum atomic E-state index is -5.01. The van der Waals surface area contributed by atoms with Gasteiger partial charge in [0.25, 0.3) is 5.78 Å². The SMILES string of the molecule is Cc1cc(N(C)[C@H](c2ccc(OC(F)(F)F)c(F)c2)C(C)(C)O)n2ncnc2n1. The molecule has 29 heavy (non-hydrogen) atoms. The fraction of sp³-hybridized carbons (Fsp3) is 0.389. The largest absolute Gasteiger partial charge is 0.573 e. The third-order valence-electron chi connectivity index (χ3n) is 4.28. The van der Waals surface area contributed by atoms with Crippen molar-refractivity contribution in [1.29, 1.82) is 0 Å². The van der Waals surface area contributed by atoms with Gasteiger partial charge in [0.05, 0.1) is 11.6 Å². The number of aromatic nitrogens is 4. The van der Waals surface area contributed by atoms with Gasteiger partial charge in [0.2, 0.25) is 0 Å². The summed E-state index contributed by atoms with van der Waals surface area (Å²) in [4.78, 5) is 9.93. The van der Waals surface area contributed by atoms with Crippen molar-refractivity contribution in [1.82, 2.24) is 19.6 Å². The number of aliphatic hydroxyl groups is 1. The zero-order chi connectivity index (χ0) is 21.6. The van der Waals surface area contributed by atoms with Gasteiger partial charge < -0.3 is 14.7 Å². The predicted molar refractivity (Wildman–Crippen MR) is 96.0 cm³/mol. The lowest BCUT2D eigenvalue weighted by atomic mass is 9.90. The molecule has 0 amide bonds. The van der Waals surface area contributed by atoms with Gasteiger partial charge in [-0.2, -0.15) is 14.6 Å². The van der Waals surface area contributed by atoms with Crippen molar-refractivity contribution >= 4 is 11.6 Å². The first kappa shape index (κ1) is 20.8. The number of aryl methyl sites for hydroxylation is 1. The molecule has 0 saturated heterocycles. The van der Waals surface area contributed by atoms with Crippen molar-refractivity contribution in [3.05, 3.63) is 47.7 Å². The Morgan fingerprint density at radius 1 is 1.21 bits per heavy atom. The van der Waals surface area contributed by atoms with E-state index in [2.05, 4.69) is 19.8 Å². The fourth-order valence-corrected chi connectivity index (χ4v) is 3.29. The summed E-state index contributed by atoms with van der Waals surface area (Å²) in [5, 5.41) is 14.9. The maximum absolute atomic E-state index is 14.3.